The fourth-order valence-corrected chi connectivity index (χ4v) is 2.09. The molecule has 1 aromatic heterocycles. The predicted molar refractivity (Wildman–Crippen MR) is 66.2 cm³/mol. The topological polar surface area (TPSA) is 63.2 Å². The SMILES string of the molecule is CCOC(=O)NC(=S)Nc1nc(Br)cs1. The van der Waals surface area contributed by atoms with Gasteiger partial charge in [-0.2, -0.15) is 0 Å². The third kappa shape index (κ3) is 4.54. The van der Waals surface area contributed by atoms with Crippen LogP contribution in [0.1, 0.15) is 6.92 Å². The van der Waals surface area contributed by atoms with Crippen molar-refractivity contribution in [2.75, 3.05) is 11.9 Å². The summed E-state index contributed by atoms with van der Waals surface area (Å²) in [6, 6.07) is 0. The average Bonchev–Trinajstić information content (AvgIpc) is 2.51. The number of carbonyl (C=O) groups is 1. The Balaban J connectivity index is 2.39. The summed E-state index contributed by atoms with van der Waals surface area (Å²) >= 11 is 9.44. The van der Waals surface area contributed by atoms with Crippen LogP contribution in [0.3, 0.4) is 0 Å². The van der Waals surface area contributed by atoms with E-state index in [0.29, 0.717) is 16.3 Å². The van der Waals surface area contributed by atoms with Crippen molar-refractivity contribution in [2.24, 2.45) is 0 Å². The van der Waals surface area contributed by atoms with Gasteiger partial charge in [-0.3, -0.25) is 5.32 Å². The molecule has 0 spiro atoms. The lowest BCUT2D eigenvalue weighted by atomic mass is 10.8. The van der Waals surface area contributed by atoms with Crippen LogP contribution in [0.15, 0.2) is 9.98 Å². The number of amides is 1. The van der Waals surface area contributed by atoms with Gasteiger partial charge in [-0.15, -0.1) is 11.3 Å². The molecule has 0 atom stereocenters. The van der Waals surface area contributed by atoms with E-state index in [4.69, 9.17) is 12.2 Å². The maximum Gasteiger partial charge on any atom is 0.413 e. The summed E-state index contributed by atoms with van der Waals surface area (Å²) in [5, 5.41) is 7.66. The summed E-state index contributed by atoms with van der Waals surface area (Å²) in [4.78, 5) is 15.0. The van der Waals surface area contributed by atoms with Gasteiger partial charge in [-0.25, -0.2) is 9.78 Å². The monoisotopic (exact) mass is 309 g/mol. The minimum absolute atomic E-state index is 0.162. The van der Waals surface area contributed by atoms with E-state index in [1.165, 1.54) is 11.3 Å². The molecule has 15 heavy (non-hydrogen) atoms. The quantitative estimate of drug-likeness (QED) is 0.821. The highest BCUT2D eigenvalue weighted by molar-refractivity contribution is 9.10. The molecule has 8 heteroatoms. The number of carbonyl (C=O) groups excluding carboxylic acids is 1. The molecule has 0 aliphatic rings. The standard InChI is InChI=1S/C7H8BrN3O2S2/c1-2-13-7(12)11-5(14)10-6-9-4(8)3-15-6/h3H,2H2,1H3,(H2,9,10,11,12,14). The van der Waals surface area contributed by atoms with Crippen LogP contribution in [-0.2, 0) is 4.74 Å². The van der Waals surface area contributed by atoms with Gasteiger partial charge in [0.25, 0.3) is 0 Å². The Morgan fingerprint density at radius 1 is 1.80 bits per heavy atom. The molecule has 0 unspecified atom stereocenters. The Kier molecular flexibility index (Phi) is 4.92. The number of halogens is 1. The molecule has 5 nitrogen and oxygen atoms in total. The van der Waals surface area contributed by atoms with Gasteiger partial charge in [0, 0.05) is 5.38 Å². The van der Waals surface area contributed by atoms with Crippen LogP contribution in [0.4, 0.5) is 9.93 Å². The van der Waals surface area contributed by atoms with E-state index in [9.17, 15) is 4.79 Å². The van der Waals surface area contributed by atoms with Crippen LogP contribution in [0, 0.1) is 0 Å². The molecular formula is C7H8BrN3O2S2. The fourth-order valence-electron chi connectivity index (χ4n) is 0.700. The molecule has 82 valence electrons. The molecule has 1 rings (SSSR count). The number of aromatic nitrogens is 1. The molecule has 0 aromatic carbocycles. The Hall–Kier alpha value is -0.730. The second kappa shape index (κ2) is 5.99. The molecule has 1 amide bonds. The van der Waals surface area contributed by atoms with E-state index in [1.807, 2.05) is 0 Å². The van der Waals surface area contributed by atoms with Crippen LogP contribution < -0.4 is 10.6 Å². The van der Waals surface area contributed by atoms with Crippen molar-refractivity contribution in [3.05, 3.63) is 9.98 Å². The number of anilines is 1. The van der Waals surface area contributed by atoms with Crippen molar-refractivity contribution in [3.63, 3.8) is 0 Å². The lowest BCUT2D eigenvalue weighted by Crippen LogP contribution is -2.34. The highest BCUT2D eigenvalue weighted by atomic mass is 79.9. The van der Waals surface area contributed by atoms with Gasteiger partial charge in [-0.05, 0) is 35.1 Å². The molecule has 0 saturated carbocycles. The molecule has 0 saturated heterocycles. The second-order valence-electron chi connectivity index (χ2n) is 2.27. The predicted octanol–water partition coefficient (Wildman–Crippen LogP) is 2.35. The number of hydrogen-bond acceptors (Lipinski definition) is 5. The first kappa shape index (κ1) is 12.3. The zero-order valence-electron chi connectivity index (χ0n) is 7.74. The number of thiocarbonyl (C=S) groups is 1. The van der Waals surface area contributed by atoms with Gasteiger partial charge >= 0.3 is 6.09 Å². The number of nitrogens with zero attached hydrogens (tertiary/aromatic N) is 1. The van der Waals surface area contributed by atoms with Crippen LogP contribution in [0.25, 0.3) is 0 Å². The summed E-state index contributed by atoms with van der Waals surface area (Å²) in [7, 11) is 0. The van der Waals surface area contributed by atoms with Gasteiger partial charge in [0.2, 0.25) is 0 Å². The lowest BCUT2D eigenvalue weighted by molar-refractivity contribution is 0.158. The Bertz CT molecular complexity index is 369. The van der Waals surface area contributed by atoms with Crippen molar-refractivity contribution >= 4 is 55.8 Å². The van der Waals surface area contributed by atoms with Crippen molar-refractivity contribution in [1.82, 2.24) is 10.3 Å². The smallest absolute Gasteiger partial charge is 0.413 e. The fraction of sp³-hybridized carbons (Fsp3) is 0.286. The van der Waals surface area contributed by atoms with E-state index in [1.54, 1.807) is 12.3 Å². The highest BCUT2D eigenvalue weighted by Gasteiger charge is 2.06. The first-order valence-electron chi connectivity index (χ1n) is 3.97. The summed E-state index contributed by atoms with van der Waals surface area (Å²) in [6.07, 6.45) is -0.578. The third-order valence-electron chi connectivity index (χ3n) is 1.19. The molecule has 2 N–H and O–H groups in total. The molecule has 0 radical (unpaired) electrons. The van der Waals surface area contributed by atoms with Crippen molar-refractivity contribution < 1.29 is 9.53 Å². The zero-order chi connectivity index (χ0) is 11.3. The van der Waals surface area contributed by atoms with Gasteiger partial charge in [0.15, 0.2) is 10.2 Å². The average molecular weight is 310 g/mol. The Morgan fingerprint density at radius 2 is 2.53 bits per heavy atom. The van der Waals surface area contributed by atoms with Gasteiger partial charge in [-0.1, -0.05) is 0 Å². The second-order valence-corrected chi connectivity index (χ2v) is 4.35. The Morgan fingerprint density at radius 3 is 3.07 bits per heavy atom. The van der Waals surface area contributed by atoms with Crippen LogP contribution in [0.2, 0.25) is 0 Å². The number of alkyl carbamates (subject to hydrolysis) is 1. The number of nitrogens with one attached hydrogen (secondary N) is 2. The normalized spacial score (nSPS) is 9.47. The van der Waals surface area contributed by atoms with E-state index in [2.05, 4.69) is 36.3 Å². The number of ether oxygens (including phenoxy) is 1. The molecule has 0 aliphatic carbocycles. The summed E-state index contributed by atoms with van der Waals surface area (Å²) in [5.74, 6) is 0. The molecule has 1 aromatic rings. The van der Waals surface area contributed by atoms with Crippen LogP contribution >= 0.6 is 39.5 Å². The van der Waals surface area contributed by atoms with E-state index >= 15 is 0 Å². The first-order chi connectivity index (χ1) is 7.11. The van der Waals surface area contributed by atoms with Gasteiger partial charge in [0.05, 0.1) is 6.61 Å². The number of hydrogen-bond donors (Lipinski definition) is 2. The molecule has 0 aliphatic heterocycles. The maximum atomic E-state index is 11.0. The minimum Gasteiger partial charge on any atom is -0.450 e. The minimum atomic E-state index is -0.578. The largest absolute Gasteiger partial charge is 0.450 e. The van der Waals surface area contributed by atoms with Crippen molar-refractivity contribution in [2.45, 2.75) is 6.92 Å². The zero-order valence-corrected chi connectivity index (χ0v) is 11.0. The van der Waals surface area contributed by atoms with Crippen LogP contribution in [-0.4, -0.2) is 22.8 Å². The molecular weight excluding hydrogens is 302 g/mol. The van der Waals surface area contributed by atoms with E-state index in [0.717, 1.165) is 0 Å². The molecule has 0 bridgehead atoms. The summed E-state index contributed by atoms with van der Waals surface area (Å²) in [6.45, 7) is 2.02. The van der Waals surface area contributed by atoms with E-state index < -0.39 is 6.09 Å². The Labute approximate surface area is 104 Å². The summed E-state index contributed by atoms with van der Waals surface area (Å²) < 4.78 is 5.37. The molecule has 0 fully saturated rings. The van der Waals surface area contributed by atoms with Gasteiger partial charge < -0.3 is 10.1 Å². The maximum absolute atomic E-state index is 11.0. The highest BCUT2D eigenvalue weighted by Crippen LogP contribution is 2.18. The first-order valence-corrected chi connectivity index (χ1v) is 6.05. The number of rotatable bonds is 2. The third-order valence-corrected chi connectivity index (χ3v) is 2.86. The lowest BCUT2D eigenvalue weighted by Gasteiger charge is -2.06. The van der Waals surface area contributed by atoms with Crippen molar-refractivity contribution in [1.29, 1.82) is 0 Å². The van der Waals surface area contributed by atoms with Crippen molar-refractivity contribution in [3.8, 4) is 0 Å². The summed E-state index contributed by atoms with van der Waals surface area (Å²) in [5.41, 5.74) is 0. The number of thiazole rings is 1. The molecule has 1 heterocycles. The van der Waals surface area contributed by atoms with Crippen LogP contribution in [0.5, 0.6) is 0 Å². The van der Waals surface area contributed by atoms with E-state index in [-0.39, 0.29) is 5.11 Å². The van der Waals surface area contributed by atoms with Gasteiger partial charge in [0.1, 0.15) is 4.60 Å².